The molecule has 2 unspecified atom stereocenters. The first-order valence-corrected chi connectivity index (χ1v) is 5.55. The Morgan fingerprint density at radius 3 is 3.06 bits per heavy atom. The SMILES string of the molecule is CC1CN(C(=O)C(C)n2cncn2)CCN1. The Balaban J connectivity index is 2.01. The fourth-order valence-corrected chi connectivity index (χ4v) is 1.93. The normalized spacial score (nSPS) is 23.1. The molecule has 1 saturated heterocycles. The van der Waals surface area contributed by atoms with Crippen molar-refractivity contribution < 1.29 is 4.79 Å². The third-order valence-electron chi connectivity index (χ3n) is 2.87. The van der Waals surface area contributed by atoms with Crippen LogP contribution in [0.1, 0.15) is 19.9 Å². The number of aromatic nitrogens is 3. The number of carbonyl (C=O) groups is 1. The average Bonchev–Trinajstić information content (AvgIpc) is 2.80. The third-order valence-corrected chi connectivity index (χ3v) is 2.87. The van der Waals surface area contributed by atoms with Crippen molar-refractivity contribution in [3.05, 3.63) is 12.7 Å². The van der Waals surface area contributed by atoms with E-state index in [9.17, 15) is 4.79 Å². The Morgan fingerprint density at radius 1 is 1.62 bits per heavy atom. The first-order valence-electron chi connectivity index (χ1n) is 5.55. The highest BCUT2D eigenvalue weighted by Crippen LogP contribution is 2.09. The fraction of sp³-hybridized carbons (Fsp3) is 0.700. The number of rotatable bonds is 2. The van der Waals surface area contributed by atoms with Crippen LogP contribution in [-0.2, 0) is 4.79 Å². The lowest BCUT2D eigenvalue weighted by Crippen LogP contribution is -2.52. The second kappa shape index (κ2) is 4.61. The largest absolute Gasteiger partial charge is 0.338 e. The average molecular weight is 223 g/mol. The maximum atomic E-state index is 12.2. The van der Waals surface area contributed by atoms with Gasteiger partial charge >= 0.3 is 0 Å². The van der Waals surface area contributed by atoms with E-state index in [2.05, 4.69) is 22.3 Å². The van der Waals surface area contributed by atoms with Gasteiger partial charge in [-0.3, -0.25) is 4.79 Å². The maximum Gasteiger partial charge on any atom is 0.247 e. The van der Waals surface area contributed by atoms with Crippen molar-refractivity contribution in [2.75, 3.05) is 19.6 Å². The summed E-state index contributed by atoms with van der Waals surface area (Å²) in [6.45, 7) is 6.32. The van der Waals surface area contributed by atoms with E-state index in [4.69, 9.17) is 0 Å². The van der Waals surface area contributed by atoms with Crippen molar-refractivity contribution in [2.24, 2.45) is 0 Å². The van der Waals surface area contributed by atoms with Gasteiger partial charge in [0, 0.05) is 25.7 Å². The molecule has 1 aromatic rings. The third kappa shape index (κ3) is 2.21. The Hall–Kier alpha value is -1.43. The smallest absolute Gasteiger partial charge is 0.247 e. The van der Waals surface area contributed by atoms with Gasteiger partial charge in [-0.05, 0) is 13.8 Å². The van der Waals surface area contributed by atoms with Crippen LogP contribution in [0.3, 0.4) is 0 Å². The number of carbonyl (C=O) groups excluding carboxylic acids is 1. The van der Waals surface area contributed by atoms with E-state index in [1.54, 1.807) is 11.0 Å². The molecule has 2 heterocycles. The molecule has 1 aromatic heterocycles. The summed E-state index contributed by atoms with van der Waals surface area (Å²) in [6, 6.07) is 0.0912. The molecule has 0 aliphatic carbocycles. The van der Waals surface area contributed by atoms with Crippen molar-refractivity contribution in [3.8, 4) is 0 Å². The molecule has 6 nitrogen and oxygen atoms in total. The lowest BCUT2D eigenvalue weighted by molar-refractivity contribution is -0.135. The molecule has 0 saturated carbocycles. The van der Waals surface area contributed by atoms with Gasteiger partial charge in [-0.15, -0.1) is 0 Å². The monoisotopic (exact) mass is 223 g/mol. The van der Waals surface area contributed by atoms with Gasteiger partial charge in [0.2, 0.25) is 5.91 Å². The molecule has 1 aliphatic rings. The van der Waals surface area contributed by atoms with Gasteiger partial charge in [0.1, 0.15) is 18.7 Å². The zero-order valence-corrected chi connectivity index (χ0v) is 9.63. The van der Waals surface area contributed by atoms with E-state index < -0.39 is 0 Å². The van der Waals surface area contributed by atoms with Crippen LogP contribution in [0.4, 0.5) is 0 Å². The summed E-state index contributed by atoms with van der Waals surface area (Å²) in [6.07, 6.45) is 3.03. The minimum Gasteiger partial charge on any atom is -0.338 e. The minimum atomic E-state index is -0.271. The van der Waals surface area contributed by atoms with Crippen LogP contribution >= 0.6 is 0 Å². The Morgan fingerprint density at radius 2 is 2.44 bits per heavy atom. The molecule has 1 amide bonds. The van der Waals surface area contributed by atoms with E-state index in [1.165, 1.54) is 6.33 Å². The van der Waals surface area contributed by atoms with Crippen molar-refractivity contribution in [1.29, 1.82) is 0 Å². The van der Waals surface area contributed by atoms with E-state index in [1.807, 2.05) is 11.8 Å². The molecule has 16 heavy (non-hydrogen) atoms. The van der Waals surface area contributed by atoms with Gasteiger partial charge in [-0.2, -0.15) is 5.10 Å². The lowest BCUT2D eigenvalue weighted by Gasteiger charge is -2.33. The molecular weight excluding hydrogens is 206 g/mol. The molecule has 1 aliphatic heterocycles. The van der Waals surface area contributed by atoms with Crippen LogP contribution in [0.5, 0.6) is 0 Å². The van der Waals surface area contributed by atoms with Gasteiger partial charge in [0.25, 0.3) is 0 Å². The fourth-order valence-electron chi connectivity index (χ4n) is 1.93. The topological polar surface area (TPSA) is 63.1 Å². The van der Waals surface area contributed by atoms with Crippen molar-refractivity contribution in [2.45, 2.75) is 25.9 Å². The summed E-state index contributed by atoms with van der Waals surface area (Å²) < 4.78 is 1.59. The zero-order chi connectivity index (χ0) is 11.5. The Kier molecular flexibility index (Phi) is 3.19. The molecule has 0 aromatic carbocycles. The quantitative estimate of drug-likeness (QED) is 0.745. The van der Waals surface area contributed by atoms with Crippen molar-refractivity contribution >= 4 is 5.91 Å². The summed E-state index contributed by atoms with van der Waals surface area (Å²) in [5.74, 6) is 0.110. The molecule has 2 rings (SSSR count). The van der Waals surface area contributed by atoms with E-state index >= 15 is 0 Å². The first-order chi connectivity index (χ1) is 7.68. The van der Waals surface area contributed by atoms with Crippen LogP contribution in [-0.4, -0.2) is 51.2 Å². The minimum absolute atomic E-state index is 0.110. The van der Waals surface area contributed by atoms with E-state index in [0.29, 0.717) is 6.04 Å². The van der Waals surface area contributed by atoms with Gasteiger partial charge in [-0.1, -0.05) is 0 Å². The second-order valence-corrected chi connectivity index (χ2v) is 4.19. The summed E-state index contributed by atoms with van der Waals surface area (Å²) in [7, 11) is 0. The van der Waals surface area contributed by atoms with Crippen LogP contribution in [0.25, 0.3) is 0 Å². The molecule has 88 valence electrons. The van der Waals surface area contributed by atoms with Gasteiger partial charge in [-0.25, -0.2) is 9.67 Å². The highest BCUT2D eigenvalue weighted by molar-refractivity contribution is 5.80. The molecule has 2 atom stereocenters. The number of piperazine rings is 1. The Labute approximate surface area is 94.6 Å². The summed E-state index contributed by atoms with van der Waals surface area (Å²) >= 11 is 0. The highest BCUT2D eigenvalue weighted by atomic mass is 16.2. The number of nitrogens with zero attached hydrogens (tertiary/aromatic N) is 4. The standard InChI is InChI=1S/C10H17N5O/c1-8-5-14(4-3-12-8)10(16)9(2)15-7-11-6-13-15/h6-9,12H,3-5H2,1-2H3. The number of hydrogen-bond donors (Lipinski definition) is 1. The van der Waals surface area contributed by atoms with Crippen LogP contribution < -0.4 is 5.32 Å². The van der Waals surface area contributed by atoms with Crippen LogP contribution in [0.15, 0.2) is 12.7 Å². The van der Waals surface area contributed by atoms with Crippen LogP contribution in [0.2, 0.25) is 0 Å². The summed E-state index contributed by atoms with van der Waals surface area (Å²) in [5.41, 5.74) is 0. The van der Waals surface area contributed by atoms with E-state index in [0.717, 1.165) is 19.6 Å². The van der Waals surface area contributed by atoms with Gasteiger partial charge in [0.15, 0.2) is 0 Å². The predicted octanol–water partition coefficient (Wildman–Crippen LogP) is -0.341. The summed E-state index contributed by atoms with van der Waals surface area (Å²) in [5, 5.41) is 7.31. The van der Waals surface area contributed by atoms with Crippen molar-refractivity contribution in [1.82, 2.24) is 25.0 Å². The molecule has 0 bridgehead atoms. The molecule has 1 N–H and O–H groups in total. The second-order valence-electron chi connectivity index (χ2n) is 4.19. The number of amides is 1. The number of nitrogens with one attached hydrogen (secondary N) is 1. The highest BCUT2D eigenvalue weighted by Gasteiger charge is 2.25. The zero-order valence-electron chi connectivity index (χ0n) is 9.63. The van der Waals surface area contributed by atoms with Crippen LogP contribution in [0, 0.1) is 0 Å². The predicted molar refractivity (Wildman–Crippen MR) is 58.8 cm³/mol. The number of hydrogen-bond acceptors (Lipinski definition) is 4. The molecule has 0 spiro atoms. The lowest BCUT2D eigenvalue weighted by atomic mass is 10.2. The molecule has 0 radical (unpaired) electrons. The first kappa shape index (κ1) is 11.1. The molecule has 1 fully saturated rings. The molecule has 6 heteroatoms. The van der Waals surface area contributed by atoms with Gasteiger partial charge < -0.3 is 10.2 Å². The maximum absolute atomic E-state index is 12.2. The van der Waals surface area contributed by atoms with Gasteiger partial charge in [0.05, 0.1) is 0 Å². The van der Waals surface area contributed by atoms with E-state index in [-0.39, 0.29) is 11.9 Å². The van der Waals surface area contributed by atoms with Crippen molar-refractivity contribution in [3.63, 3.8) is 0 Å². The molecular formula is C10H17N5O. The Bertz CT molecular complexity index is 350. The summed E-state index contributed by atoms with van der Waals surface area (Å²) in [4.78, 5) is 17.9.